The second kappa shape index (κ2) is 8.37. The molecule has 1 aliphatic rings. The van der Waals surface area contributed by atoms with E-state index in [1.165, 1.54) is 25.3 Å². The van der Waals surface area contributed by atoms with Gasteiger partial charge < -0.3 is 11.5 Å². The Kier molecular flexibility index (Phi) is 6.13. The summed E-state index contributed by atoms with van der Waals surface area (Å²) in [4.78, 5) is 9.56. The second-order valence-electron chi connectivity index (χ2n) is 6.62. The highest BCUT2D eigenvalue weighted by atomic mass is 32.2. The molecule has 1 saturated carbocycles. The molecule has 0 amide bonds. The van der Waals surface area contributed by atoms with Gasteiger partial charge in [0.2, 0.25) is 10.0 Å². The molecule has 3 rings (SSSR count). The molecule has 7 nitrogen and oxygen atoms in total. The van der Waals surface area contributed by atoms with Crippen LogP contribution < -0.4 is 16.2 Å². The van der Waals surface area contributed by atoms with Crippen LogP contribution in [0, 0.1) is 0 Å². The molecule has 0 aliphatic heterocycles. The van der Waals surface area contributed by atoms with Crippen molar-refractivity contribution in [3.05, 3.63) is 29.4 Å². The van der Waals surface area contributed by atoms with Gasteiger partial charge in [-0.05, 0) is 31.0 Å². The summed E-state index contributed by atoms with van der Waals surface area (Å²) in [5.74, 6) is 0.360. The van der Waals surface area contributed by atoms with Crippen molar-refractivity contribution >= 4 is 33.0 Å². The molecule has 0 radical (unpaired) electrons. The van der Waals surface area contributed by atoms with Crippen LogP contribution in [0.25, 0.3) is 10.4 Å². The molecule has 1 fully saturated rings. The predicted octanol–water partition coefficient (Wildman–Crippen LogP) is 3.06. The van der Waals surface area contributed by atoms with Crippen LogP contribution in [0.1, 0.15) is 50.0 Å². The van der Waals surface area contributed by atoms with Crippen molar-refractivity contribution in [1.82, 2.24) is 9.71 Å². The summed E-state index contributed by atoms with van der Waals surface area (Å²) >= 11 is 1.57. The maximum absolute atomic E-state index is 12.7. The summed E-state index contributed by atoms with van der Waals surface area (Å²) in [5, 5.41) is 1.09. The molecule has 1 heterocycles. The van der Waals surface area contributed by atoms with E-state index in [4.69, 9.17) is 11.5 Å². The third-order valence-corrected chi connectivity index (χ3v) is 7.37. The molecule has 0 saturated heterocycles. The zero-order valence-electron chi connectivity index (χ0n) is 15.3. The van der Waals surface area contributed by atoms with Crippen molar-refractivity contribution in [2.24, 2.45) is 16.5 Å². The molecule has 1 aromatic heterocycles. The molecule has 1 aliphatic carbocycles. The van der Waals surface area contributed by atoms with Crippen molar-refractivity contribution in [3.8, 4) is 10.4 Å². The number of hydrogen-bond donors (Lipinski definition) is 3. The van der Waals surface area contributed by atoms with E-state index >= 15 is 0 Å². The normalized spacial score (nSPS) is 15.6. The van der Waals surface area contributed by atoms with Gasteiger partial charge in [-0.25, -0.2) is 23.1 Å². The Balaban J connectivity index is 2.04. The fourth-order valence-corrected chi connectivity index (χ4v) is 5.84. The van der Waals surface area contributed by atoms with Crippen LogP contribution in [0.2, 0.25) is 0 Å². The van der Waals surface area contributed by atoms with Crippen molar-refractivity contribution in [2.75, 3.05) is 6.54 Å². The first-order valence-electron chi connectivity index (χ1n) is 9.10. The fourth-order valence-electron chi connectivity index (χ4n) is 3.37. The number of nitrogens with two attached hydrogens (primary N) is 2. The predicted molar refractivity (Wildman–Crippen MR) is 110 cm³/mol. The first-order chi connectivity index (χ1) is 12.9. The van der Waals surface area contributed by atoms with Crippen molar-refractivity contribution in [2.45, 2.75) is 49.8 Å². The summed E-state index contributed by atoms with van der Waals surface area (Å²) in [6.07, 6.45) is 7.82. The molecular weight excluding hydrogens is 382 g/mol. The first-order valence-corrected chi connectivity index (χ1v) is 11.4. The Bertz CT molecular complexity index is 927. The van der Waals surface area contributed by atoms with Gasteiger partial charge in [0.15, 0.2) is 5.96 Å². The summed E-state index contributed by atoms with van der Waals surface area (Å²) < 4.78 is 28.0. The monoisotopic (exact) mass is 407 g/mol. The molecule has 0 atom stereocenters. The fraction of sp³-hybridized carbons (Fsp3) is 0.444. The van der Waals surface area contributed by atoms with Crippen molar-refractivity contribution in [1.29, 1.82) is 0 Å². The molecule has 27 heavy (non-hydrogen) atoms. The van der Waals surface area contributed by atoms with Gasteiger partial charge in [0, 0.05) is 24.2 Å². The summed E-state index contributed by atoms with van der Waals surface area (Å²) in [6, 6.07) is 4.94. The number of guanidine groups is 1. The highest BCUT2D eigenvalue weighted by molar-refractivity contribution is 7.89. The minimum atomic E-state index is -3.69. The van der Waals surface area contributed by atoms with E-state index in [1.807, 2.05) is 0 Å². The lowest BCUT2D eigenvalue weighted by molar-refractivity contribution is 0.442. The largest absolute Gasteiger partial charge is 0.370 e. The third-order valence-electron chi connectivity index (χ3n) is 4.59. The van der Waals surface area contributed by atoms with Crippen LogP contribution in [0.3, 0.4) is 0 Å². The lowest BCUT2D eigenvalue weighted by atomic mass is 9.90. The van der Waals surface area contributed by atoms with E-state index in [1.54, 1.807) is 36.6 Å². The maximum Gasteiger partial charge on any atom is 0.241 e. The number of hydrogen-bond acceptors (Lipinski definition) is 5. The minimum absolute atomic E-state index is 0.119. The molecule has 0 unspecified atom stereocenters. The average molecular weight is 408 g/mol. The number of aliphatic imine (C=N–C) groups is 1. The van der Waals surface area contributed by atoms with E-state index in [-0.39, 0.29) is 10.9 Å². The van der Waals surface area contributed by atoms with E-state index < -0.39 is 10.0 Å². The number of sulfonamides is 1. The van der Waals surface area contributed by atoms with Crippen LogP contribution in [0.5, 0.6) is 0 Å². The van der Waals surface area contributed by atoms with Gasteiger partial charge in [0.1, 0.15) is 0 Å². The van der Waals surface area contributed by atoms with Crippen LogP contribution in [0.15, 0.2) is 34.3 Å². The van der Waals surface area contributed by atoms with Crippen LogP contribution in [0.4, 0.5) is 5.69 Å². The number of rotatable bonds is 6. The molecule has 1 aromatic carbocycles. The number of aromatic nitrogens is 1. The van der Waals surface area contributed by atoms with Gasteiger partial charge in [0.25, 0.3) is 0 Å². The average Bonchev–Trinajstić information content (AvgIpc) is 3.12. The van der Waals surface area contributed by atoms with Crippen LogP contribution in [-0.2, 0) is 10.0 Å². The lowest BCUT2D eigenvalue weighted by Gasteiger charge is -2.18. The Labute approximate surface area is 164 Å². The van der Waals surface area contributed by atoms with E-state index in [0.29, 0.717) is 23.7 Å². The van der Waals surface area contributed by atoms with Crippen molar-refractivity contribution < 1.29 is 8.42 Å². The van der Waals surface area contributed by atoms with Gasteiger partial charge in [0.05, 0.1) is 20.5 Å². The Hall–Kier alpha value is -1.97. The highest BCUT2D eigenvalue weighted by Gasteiger charge is 2.23. The summed E-state index contributed by atoms with van der Waals surface area (Å²) in [5.41, 5.74) is 11.9. The topological polar surface area (TPSA) is 123 Å². The molecule has 2 aromatic rings. The standard InChI is InChI=1S/C18H25N5O2S2/c1-2-22-27(24,25)16-10-13(23-18(19)20)8-9-14(16)15-11-21-17(26-15)12-6-4-3-5-7-12/h8-12,22H,2-7H2,1H3,(H4,19,20,23). The number of thiazole rings is 1. The zero-order chi connectivity index (χ0) is 19.4. The minimum Gasteiger partial charge on any atom is -0.370 e. The zero-order valence-corrected chi connectivity index (χ0v) is 16.9. The summed E-state index contributed by atoms with van der Waals surface area (Å²) in [7, 11) is -3.69. The Morgan fingerprint density at radius 3 is 2.70 bits per heavy atom. The lowest BCUT2D eigenvalue weighted by Crippen LogP contribution is -2.24. The highest BCUT2D eigenvalue weighted by Crippen LogP contribution is 2.39. The van der Waals surface area contributed by atoms with Gasteiger partial charge in [-0.1, -0.05) is 26.2 Å². The van der Waals surface area contributed by atoms with Gasteiger partial charge in [-0.2, -0.15) is 0 Å². The molecule has 5 N–H and O–H groups in total. The molecule has 146 valence electrons. The van der Waals surface area contributed by atoms with Gasteiger partial charge in [-0.3, -0.25) is 0 Å². The van der Waals surface area contributed by atoms with E-state index in [9.17, 15) is 8.42 Å². The van der Waals surface area contributed by atoms with E-state index in [2.05, 4.69) is 14.7 Å². The number of nitrogens with zero attached hydrogens (tertiary/aromatic N) is 2. The first kappa shape index (κ1) is 19.8. The van der Waals surface area contributed by atoms with Crippen LogP contribution >= 0.6 is 11.3 Å². The quantitative estimate of drug-likeness (QED) is 0.501. The number of benzene rings is 1. The maximum atomic E-state index is 12.7. The SMILES string of the molecule is CCNS(=O)(=O)c1cc(N=C(N)N)ccc1-c1cnc(C2CCCCC2)s1. The third kappa shape index (κ3) is 4.66. The van der Waals surface area contributed by atoms with Gasteiger partial charge in [-0.15, -0.1) is 11.3 Å². The smallest absolute Gasteiger partial charge is 0.241 e. The molecule has 9 heteroatoms. The Morgan fingerprint density at radius 1 is 1.30 bits per heavy atom. The van der Waals surface area contributed by atoms with Gasteiger partial charge >= 0.3 is 0 Å². The van der Waals surface area contributed by atoms with Crippen molar-refractivity contribution in [3.63, 3.8) is 0 Å². The number of nitrogens with one attached hydrogen (secondary N) is 1. The van der Waals surface area contributed by atoms with Crippen LogP contribution in [-0.4, -0.2) is 25.9 Å². The van der Waals surface area contributed by atoms with E-state index in [0.717, 1.165) is 22.7 Å². The molecular formula is C18H25N5O2S2. The Morgan fingerprint density at radius 2 is 2.04 bits per heavy atom. The second-order valence-corrected chi connectivity index (χ2v) is 9.41. The molecule has 0 bridgehead atoms. The molecule has 0 spiro atoms. The summed E-state index contributed by atoms with van der Waals surface area (Å²) in [6.45, 7) is 2.04.